The Kier molecular flexibility index (Phi) is 3.40. The first kappa shape index (κ1) is 12.8. The Labute approximate surface area is 115 Å². The van der Waals surface area contributed by atoms with Crippen LogP contribution in [-0.2, 0) is 0 Å². The van der Waals surface area contributed by atoms with Gasteiger partial charge >= 0.3 is 0 Å². The van der Waals surface area contributed by atoms with Gasteiger partial charge in [-0.1, -0.05) is 18.9 Å². The van der Waals surface area contributed by atoms with E-state index in [0.29, 0.717) is 5.92 Å². The molecule has 2 fully saturated rings. The van der Waals surface area contributed by atoms with Gasteiger partial charge in [0.05, 0.1) is 14.2 Å². The maximum absolute atomic E-state index is 6.51. The lowest BCUT2D eigenvalue weighted by Crippen LogP contribution is -2.15. The van der Waals surface area contributed by atoms with Gasteiger partial charge in [-0.05, 0) is 36.7 Å². The molecule has 0 radical (unpaired) electrons. The predicted octanol–water partition coefficient (Wildman–Crippen LogP) is 3.14. The summed E-state index contributed by atoms with van der Waals surface area (Å²) in [5.41, 5.74) is 7.63. The SMILES string of the molecule is COc1ccc(C(N)C2C3CCCCC32)c(OC)c1. The maximum atomic E-state index is 6.51. The maximum Gasteiger partial charge on any atom is 0.127 e. The molecule has 3 rings (SSSR count). The summed E-state index contributed by atoms with van der Waals surface area (Å²) in [7, 11) is 3.37. The molecule has 2 aliphatic carbocycles. The van der Waals surface area contributed by atoms with Crippen LogP contribution in [0.5, 0.6) is 11.5 Å². The Morgan fingerprint density at radius 2 is 1.79 bits per heavy atom. The van der Waals surface area contributed by atoms with E-state index in [4.69, 9.17) is 15.2 Å². The second-order valence-electron chi connectivity index (χ2n) is 5.82. The van der Waals surface area contributed by atoms with Crippen molar-refractivity contribution in [2.24, 2.45) is 23.5 Å². The molecule has 1 aromatic carbocycles. The number of methoxy groups -OCH3 is 2. The fourth-order valence-corrected chi connectivity index (χ4v) is 3.88. The molecule has 3 nitrogen and oxygen atoms in total. The van der Waals surface area contributed by atoms with Gasteiger partial charge in [0.2, 0.25) is 0 Å². The smallest absolute Gasteiger partial charge is 0.127 e. The molecule has 3 atom stereocenters. The molecule has 0 heterocycles. The highest BCUT2D eigenvalue weighted by Crippen LogP contribution is 2.60. The summed E-state index contributed by atoms with van der Waals surface area (Å²) in [5, 5.41) is 0. The number of hydrogen-bond donors (Lipinski definition) is 1. The third kappa shape index (κ3) is 2.20. The van der Waals surface area contributed by atoms with E-state index < -0.39 is 0 Å². The zero-order valence-electron chi connectivity index (χ0n) is 11.8. The molecule has 0 amide bonds. The molecule has 2 N–H and O–H groups in total. The highest BCUT2D eigenvalue weighted by Gasteiger charge is 2.53. The van der Waals surface area contributed by atoms with E-state index >= 15 is 0 Å². The Bertz CT molecular complexity index is 448. The van der Waals surface area contributed by atoms with Crippen LogP contribution in [0, 0.1) is 17.8 Å². The molecule has 0 spiro atoms. The van der Waals surface area contributed by atoms with E-state index in [1.807, 2.05) is 12.1 Å². The molecule has 2 aliphatic rings. The Hall–Kier alpha value is -1.22. The minimum Gasteiger partial charge on any atom is -0.497 e. The summed E-state index contributed by atoms with van der Waals surface area (Å²) in [6.45, 7) is 0. The van der Waals surface area contributed by atoms with Crippen LogP contribution in [0.2, 0.25) is 0 Å². The summed E-state index contributed by atoms with van der Waals surface area (Å²) in [5.74, 6) is 4.05. The number of nitrogens with two attached hydrogens (primary N) is 1. The van der Waals surface area contributed by atoms with E-state index in [9.17, 15) is 0 Å². The summed E-state index contributed by atoms with van der Waals surface area (Å²) in [4.78, 5) is 0. The van der Waals surface area contributed by atoms with Gasteiger partial charge in [0.15, 0.2) is 0 Å². The van der Waals surface area contributed by atoms with Crippen molar-refractivity contribution in [1.82, 2.24) is 0 Å². The van der Waals surface area contributed by atoms with Crippen LogP contribution in [0.1, 0.15) is 37.3 Å². The molecule has 3 heteroatoms. The molecular weight excluding hydrogens is 238 g/mol. The second-order valence-corrected chi connectivity index (χ2v) is 5.82. The molecule has 1 aromatic rings. The molecule has 0 bridgehead atoms. The van der Waals surface area contributed by atoms with Crippen molar-refractivity contribution in [2.75, 3.05) is 14.2 Å². The molecule has 0 aliphatic heterocycles. The molecule has 2 saturated carbocycles. The molecule has 0 saturated heterocycles. The molecular formula is C16H23NO2. The zero-order valence-corrected chi connectivity index (χ0v) is 11.8. The third-order valence-electron chi connectivity index (χ3n) is 4.94. The average molecular weight is 261 g/mol. The van der Waals surface area contributed by atoms with E-state index in [2.05, 4.69) is 6.07 Å². The van der Waals surface area contributed by atoms with Crippen molar-refractivity contribution < 1.29 is 9.47 Å². The summed E-state index contributed by atoms with van der Waals surface area (Å²) in [6, 6.07) is 6.08. The number of ether oxygens (including phenoxy) is 2. The van der Waals surface area contributed by atoms with Gasteiger partial charge in [-0.25, -0.2) is 0 Å². The van der Waals surface area contributed by atoms with Gasteiger partial charge in [0.25, 0.3) is 0 Å². The summed E-state index contributed by atoms with van der Waals surface area (Å²) >= 11 is 0. The van der Waals surface area contributed by atoms with Crippen LogP contribution in [0.15, 0.2) is 18.2 Å². The lowest BCUT2D eigenvalue weighted by molar-refractivity contribution is 0.385. The van der Waals surface area contributed by atoms with Gasteiger partial charge < -0.3 is 15.2 Å². The standard InChI is InChI=1S/C16H23NO2/c1-18-10-7-8-13(14(9-10)19-2)16(17)15-11-5-3-4-6-12(11)15/h7-9,11-12,15-16H,3-6,17H2,1-2H3. The van der Waals surface area contributed by atoms with Gasteiger partial charge in [0, 0.05) is 17.7 Å². The topological polar surface area (TPSA) is 44.5 Å². The van der Waals surface area contributed by atoms with Crippen molar-refractivity contribution in [1.29, 1.82) is 0 Å². The van der Waals surface area contributed by atoms with Crippen molar-refractivity contribution in [3.8, 4) is 11.5 Å². The van der Waals surface area contributed by atoms with Crippen LogP contribution in [0.3, 0.4) is 0 Å². The fraction of sp³-hybridized carbons (Fsp3) is 0.625. The van der Waals surface area contributed by atoms with Gasteiger partial charge in [-0.15, -0.1) is 0 Å². The number of fused-ring (bicyclic) bond motifs is 1. The van der Waals surface area contributed by atoms with E-state index in [-0.39, 0.29) is 6.04 Å². The molecule has 3 unspecified atom stereocenters. The quantitative estimate of drug-likeness (QED) is 0.905. The third-order valence-corrected chi connectivity index (χ3v) is 4.94. The van der Waals surface area contributed by atoms with Crippen molar-refractivity contribution in [3.63, 3.8) is 0 Å². The largest absolute Gasteiger partial charge is 0.497 e. The summed E-state index contributed by atoms with van der Waals surface area (Å²) < 4.78 is 10.7. The molecule has 0 aromatic heterocycles. The zero-order chi connectivity index (χ0) is 13.4. The number of benzene rings is 1. The van der Waals surface area contributed by atoms with Gasteiger partial charge in [-0.2, -0.15) is 0 Å². The Morgan fingerprint density at radius 1 is 1.11 bits per heavy atom. The minimum absolute atomic E-state index is 0.106. The molecule has 19 heavy (non-hydrogen) atoms. The summed E-state index contributed by atoms with van der Waals surface area (Å²) in [6.07, 6.45) is 5.48. The normalized spacial score (nSPS) is 30.4. The van der Waals surface area contributed by atoms with Crippen LogP contribution in [0.25, 0.3) is 0 Å². The lowest BCUT2D eigenvalue weighted by Gasteiger charge is -2.17. The highest BCUT2D eigenvalue weighted by atomic mass is 16.5. The lowest BCUT2D eigenvalue weighted by atomic mass is 9.99. The van der Waals surface area contributed by atoms with E-state index in [1.165, 1.54) is 25.7 Å². The second kappa shape index (κ2) is 5.04. The van der Waals surface area contributed by atoms with Crippen molar-refractivity contribution >= 4 is 0 Å². The van der Waals surface area contributed by atoms with Gasteiger partial charge in [-0.3, -0.25) is 0 Å². The minimum atomic E-state index is 0.106. The fourth-order valence-electron chi connectivity index (χ4n) is 3.88. The number of rotatable bonds is 4. The van der Waals surface area contributed by atoms with E-state index in [1.54, 1.807) is 14.2 Å². The number of hydrogen-bond acceptors (Lipinski definition) is 3. The van der Waals surface area contributed by atoms with Crippen LogP contribution in [-0.4, -0.2) is 14.2 Å². The Balaban J connectivity index is 1.81. The van der Waals surface area contributed by atoms with Crippen molar-refractivity contribution in [2.45, 2.75) is 31.7 Å². The Morgan fingerprint density at radius 3 is 2.37 bits per heavy atom. The van der Waals surface area contributed by atoms with Gasteiger partial charge in [0.1, 0.15) is 11.5 Å². The first-order valence-corrected chi connectivity index (χ1v) is 7.23. The first-order chi connectivity index (χ1) is 9.26. The monoisotopic (exact) mass is 261 g/mol. The van der Waals surface area contributed by atoms with Crippen LogP contribution < -0.4 is 15.2 Å². The predicted molar refractivity (Wildman–Crippen MR) is 75.4 cm³/mol. The van der Waals surface area contributed by atoms with Crippen LogP contribution >= 0.6 is 0 Å². The highest BCUT2D eigenvalue weighted by molar-refractivity contribution is 5.43. The first-order valence-electron chi connectivity index (χ1n) is 7.23. The molecule has 104 valence electrons. The average Bonchev–Trinajstić information content (AvgIpc) is 3.20. The van der Waals surface area contributed by atoms with E-state index in [0.717, 1.165) is 28.9 Å². The van der Waals surface area contributed by atoms with Crippen LogP contribution in [0.4, 0.5) is 0 Å². The van der Waals surface area contributed by atoms with Crippen molar-refractivity contribution in [3.05, 3.63) is 23.8 Å².